The van der Waals surface area contributed by atoms with Crippen LogP contribution in [0.25, 0.3) is 0 Å². The highest BCUT2D eigenvalue weighted by Gasteiger charge is 2.16. The number of anilines is 3. The van der Waals surface area contributed by atoms with E-state index < -0.39 is 10.0 Å². The first-order chi connectivity index (χ1) is 11.4. The number of rotatable bonds is 7. The molecule has 0 aliphatic heterocycles. The SMILES string of the molecule is CCN(CC)c1ncnc(NNS(=O)(=O)c2ccc(C)cc2)c1N. The Morgan fingerprint density at radius 1 is 1.12 bits per heavy atom. The van der Waals surface area contributed by atoms with Crippen molar-refractivity contribution >= 4 is 27.3 Å². The second-order valence-electron chi connectivity index (χ2n) is 5.18. The molecule has 130 valence electrons. The summed E-state index contributed by atoms with van der Waals surface area (Å²) in [5.41, 5.74) is 9.89. The lowest BCUT2D eigenvalue weighted by Crippen LogP contribution is -2.31. The van der Waals surface area contributed by atoms with Crippen LogP contribution < -0.4 is 20.9 Å². The van der Waals surface area contributed by atoms with Gasteiger partial charge in [-0.15, -0.1) is 4.83 Å². The van der Waals surface area contributed by atoms with Gasteiger partial charge in [0.25, 0.3) is 10.0 Å². The number of aryl methyl sites for hydroxylation is 1. The van der Waals surface area contributed by atoms with Gasteiger partial charge in [-0.2, -0.15) is 0 Å². The van der Waals surface area contributed by atoms with E-state index in [1.807, 2.05) is 25.7 Å². The molecular weight excluding hydrogens is 328 g/mol. The van der Waals surface area contributed by atoms with E-state index in [9.17, 15) is 8.42 Å². The van der Waals surface area contributed by atoms with Gasteiger partial charge in [0.15, 0.2) is 11.6 Å². The zero-order valence-corrected chi connectivity index (χ0v) is 14.8. The number of benzene rings is 1. The van der Waals surface area contributed by atoms with Crippen LogP contribution in [-0.2, 0) is 10.0 Å². The van der Waals surface area contributed by atoms with Crippen LogP contribution >= 0.6 is 0 Å². The van der Waals surface area contributed by atoms with E-state index in [2.05, 4.69) is 20.2 Å². The Kier molecular flexibility index (Phi) is 5.58. The van der Waals surface area contributed by atoms with Gasteiger partial charge >= 0.3 is 0 Å². The van der Waals surface area contributed by atoms with E-state index in [-0.39, 0.29) is 16.4 Å². The second-order valence-corrected chi connectivity index (χ2v) is 6.86. The average Bonchev–Trinajstić information content (AvgIpc) is 2.57. The molecule has 0 unspecified atom stereocenters. The average molecular weight is 350 g/mol. The number of sulfonamides is 1. The Morgan fingerprint density at radius 3 is 2.33 bits per heavy atom. The van der Waals surface area contributed by atoms with Crippen molar-refractivity contribution in [3.63, 3.8) is 0 Å². The Labute approximate surface area is 142 Å². The molecule has 1 heterocycles. The van der Waals surface area contributed by atoms with Crippen molar-refractivity contribution in [2.75, 3.05) is 29.1 Å². The summed E-state index contributed by atoms with van der Waals surface area (Å²) >= 11 is 0. The summed E-state index contributed by atoms with van der Waals surface area (Å²) in [6.07, 6.45) is 1.34. The molecule has 0 saturated carbocycles. The minimum atomic E-state index is -3.73. The fourth-order valence-electron chi connectivity index (χ4n) is 2.15. The fraction of sp³-hybridized carbons (Fsp3) is 0.333. The summed E-state index contributed by atoms with van der Waals surface area (Å²) < 4.78 is 24.6. The molecule has 0 saturated heterocycles. The molecule has 2 aromatic rings. The van der Waals surface area contributed by atoms with Gasteiger partial charge in [-0.1, -0.05) is 17.7 Å². The maximum Gasteiger partial charge on any atom is 0.257 e. The van der Waals surface area contributed by atoms with E-state index in [0.717, 1.165) is 18.7 Å². The molecule has 0 amide bonds. The lowest BCUT2D eigenvalue weighted by Gasteiger charge is -2.22. The van der Waals surface area contributed by atoms with Gasteiger partial charge in [0, 0.05) is 13.1 Å². The highest BCUT2D eigenvalue weighted by molar-refractivity contribution is 7.89. The first-order valence-corrected chi connectivity index (χ1v) is 9.07. The predicted molar refractivity (Wildman–Crippen MR) is 95.1 cm³/mol. The molecule has 0 aliphatic rings. The van der Waals surface area contributed by atoms with E-state index in [1.165, 1.54) is 18.5 Å². The van der Waals surface area contributed by atoms with Crippen LogP contribution in [0.15, 0.2) is 35.5 Å². The largest absolute Gasteiger partial charge is 0.393 e. The van der Waals surface area contributed by atoms with Crippen LogP contribution in [-0.4, -0.2) is 31.5 Å². The summed E-state index contributed by atoms with van der Waals surface area (Å²) in [5.74, 6) is 0.773. The van der Waals surface area contributed by atoms with Crippen LogP contribution in [0.4, 0.5) is 17.3 Å². The Balaban J connectivity index is 2.20. The number of hydrogen-bond donors (Lipinski definition) is 3. The van der Waals surface area contributed by atoms with Gasteiger partial charge in [0.1, 0.15) is 12.0 Å². The van der Waals surface area contributed by atoms with Crippen LogP contribution in [0.5, 0.6) is 0 Å². The molecule has 24 heavy (non-hydrogen) atoms. The summed E-state index contributed by atoms with van der Waals surface area (Å²) in [6, 6.07) is 6.52. The van der Waals surface area contributed by atoms with Crippen molar-refractivity contribution in [3.8, 4) is 0 Å². The Morgan fingerprint density at radius 2 is 1.75 bits per heavy atom. The normalized spacial score (nSPS) is 11.3. The van der Waals surface area contributed by atoms with Crippen molar-refractivity contribution in [1.29, 1.82) is 0 Å². The minimum absolute atomic E-state index is 0.150. The van der Waals surface area contributed by atoms with E-state index in [1.54, 1.807) is 12.1 Å². The molecule has 9 heteroatoms. The molecule has 2 rings (SSSR count). The first-order valence-electron chi connectivity index (χ1n) is 7.59. The number of nitrogens with one attached hydrogen (secondary N) is 2. The second kappa shape index (κ2) is 7.45. The van der Waals surface area contributed by atoms with E-state index in [4.69, 9.17) is 5.73 Å². The van der Waals surface area contributed by atoms with Gasteiger partial charge in [-0.25, -0.2) is 18.4 Å². The molecular formula is C15H22N6O2S. The van der Waals surface area contributed by atoms with E-state index in [0.29, 0.717) is 5.82 Å². The number of nitrogens with zero attached hydrogens (tertiary/aromatic N) is 3. The summed E-state index contributed by atoms with van der Waals surface area (Å²) in [4.78, 5) is 12.6. The number of aromatic nitrogens is 2. The third-order valence-corrected chi connectivity index (χ3v) is 4.82. The first kappa shape index (κ1) is 18.0. The number of hydrogen-bond acceptors (Lipinski definition) is 7. The maximum absolute atomic E-state index is 12.3. The van der Waals surface area contributed by atoms with Crippen molar-refractivity contribution in [2.24, 2.45) is 0 Å². The van der Waals surface area contributed by atoms with Crippen LogP contribution in [0, 0.1) is 6.92 Å². The molecule has 0 atom stereocenters. The summed E-state index contributed by atoms with van der Waals surface area (Å²) in [6.45, 7) is 7.31. The maximum atomic E-state index is 12.3. The molecule has 1 aromatic heterocycles. The number of hydrazine groups is 1. The topological polar surface area (TPSA) is 113 Å². The minimum Gasteiger partial charge on any atom is -0.393 e. The lowest BCUT2D eigenvalue weighted by molar-refractivity contribution is 0.587. The van der Waals surface area contributed by atoms with Crippen molar-refractivity contribution < 1.29 is 8.42 Å². The van der Waals surface area contributed by atoms with E-state index >= 15 is 0 Å². The monoisotopic (exact) mass is 350 g/mol. The zero-order valence-electron chi connectivity index (χ0n) is 13.9. The highest BCUT2D eigenvalue weighted by Crippen LogP contribution is 2.25. The standard InChI is InChI=1S/C15H22N6O2S/c1-4-21(5-2)15-13(16)14(17-10-18-15)19-20-24(22,23)12-8-6-11(3)7-9-12/h6-10,20H,4-5,16H2,1-3H3,(H,17,18,19). The molecule has 8 nitrogen and oxygen atoms in total. The molecule has 4 N–H and O–H groups in total. The molecule has 0 fully saturated rings. The van der Waals surface area contributed by atoms with Gasteiger partial charge in [0.05, 0.1) is 4.90 Å². The molecule has 0 bridgehead atoms. The molecule has 1 aromatic carbocycles. The van der Waals surface area contributed by atoms with Gasteiger partial charge < -0.3 is 10.6 Å². The van der Waals surface area contributed by atoms with Gasteiger partial charge in [0.2, 0.25) is 0 Å². The number of nitrogens with two attached hydrogens (primary N) is 1. The highest BCUT2D eigenvalue weighted by atomic mass is 32.2. The lowest BCUT2D eigenvalue weighted by atomic mass is 10.2. The quantitative estimate of drug-likeness (QED) is 0.649. The zero-order chi connectivity index (χ0) is 17.7. The van der Waals surface area contributed by atoms with Crippen LogP contribution in [0.1, 0.15) is 19.4 Å². The van der Waals surface area contributed by atoms with Gasteiger partial charge in [-0.3, -0.25) is 5.43 Å². The van der Waals surface area contributed by atoms with Crippen molar-refractivity contribution in [1.82, 2.24) is 14.8 Å². The molecule has 0 radical (unpaired) electrons. The third kappa shape index (κ3) is 3.92. The van der Waals surface area contributed by atoms with Crippen molar-refractivity contribution in [2.45, 2.75) is 25.7 Å². The third-order valence-electron chi connectivity index (χ3n) is 3.56. The van der Waals surface area contributed by atoms with Crippen LogP contribution in [0.3, 0.4) is 0 Å². The fourth-order valence-corrected chi connectivity index (χ4v) is 3.00. The van der Waals surface area contributed by atoms with Crippen LogP contribution in [0.2, 0.25) is 0 Å². The van der Waals surface area contributed by atoms with Crippen molar-refractivity contribution in [3.05, 3.63) is 36.2 Å². The van der Waals surface area contributed by atoms with Gasteiger partial charge in [-0.05, 0) is 32.9 Å². The summed E-state index contributed by atoms with van der Waals surface area (Å²) in [5, 5.41) is 0. The smallest absolute Gasteiger partial charge is 0.257 e. The Hall–Kier alpha value is -2.39. The number of nitrogen functional groups attached to an aromatic ring is 1. The predicted octanol–water partition coefficient (Wildman–Crippen LogP) is 1.52. The molecule has 0 spiro atoms. The Bertz CT molecular complexity index is 788. The molecule has 0 aliphatic carbocycles. The summed E-state index contributed by atoms with van der Waals surface area (Å²) in [7, 11) is -3.73.